The molecule has 1 saturated heterocycles. The molecule has 140 valence electrons. The first-order valence-electron chi connectivity index (χ1n) is 9.05. The zero-order valence-electron chi connectivity index (χ0n) is 14.6. The van der Waals surface area contributed by atoms with Crippen molar-refractivity contribution in [3.05, 3.63) is 48.0 Å². The number of rotatable bonds is 5. The highest BCUT2D eigenvalue weighted by atomic mass is 32.2. The zero-order valence-corrected chi connectivity index (χ0v) is 15.4. The van der Waals surface area contributed by atoms with E-state index in [1.165, 1.54) is 35.3 Å². The Balaban J connectivity index is 1.57. The molecule has 4 rings (SSSR count). The van der Waals surface area contributed by atoms with E-state index in [-0.39, 0.29) is 17.5 Å². The van der Waals surface area contributed by atoms with Crippen LogP contribution in [0.15, 0.2) is 41.4 Å². The maximum Gasteiger partial charge on any atom is 0.246 e. The summed E-state index contributed by atoms with van der Waals surface area (Å²) in [6, 6.07) is 7.37. The van der Waals surface area contributed by atoms with Gasteiger partial charge in [0, 0.05) is 19.3 Å². The average molecular weight is 378 g/mol. The van der Waals surface area contributed by atoms with Gasteiger partial charge in [0.05, 0.1) is 18.3 Å². The van der Waals surface area contributed by atoms with Crippen molar-refractivity contribution in [1.29, 1.82) is 0 Å². The van der Waals surface area contributed by atoms with Gasteiger partial charge in [0.15, 0.2) is 0 Å². The second kappa shape index (κ2) is 7.09. The van der Waals surface area contributed by atoms with Crippen molar-refractivity contribution in [1.82, 2.24) is 19.0 Å². The zero-order chi connectivity index (χ0) is 18.1. The Hall–Kier alpha value is -1.77. The third-order valence-corrected chi connectivity index (χ3v) is 7.13. The Morgan fingerprint density at radius 1 is 1.15 bits per heavy atom. The molecule has 2 aliphatic heterocycles. The monoisotopic (exact) mass is 378 g/mol. The first kappa shape index (κ1) is 17.6. The number of aromatic nitrogens is 2. The lowest BCUT2D eigenvalue weighted by Gasteiger charge is -2.34. The lowest BCUT2D eigenvalue weighted by atomic mass is 10.1. The van der Waals surface area contributed by atoms with Crippen LogP contribution in [0, 0.1) is 5.82 Å². The van der Waals surface area contributed by atoms with E-state index in [4.69, 9.17) is 0 Å². The summed E-state index contributed by atoms with van der Waals surface area (Å²) in [5.74, 6) is -0.708. The average Bonchev–Trinajstić information content (AvgIpc) is 3.31. The number of benzene rings is 1. The van der Waals surface area contributed by atoms with Crippen LogP contribution in [0.5, 0.6) is 0 Å². The molecule has 0 saturated carbocycles. The van der Waals surface area contributed by atoms with Crippen LogP contribution in [0.2, 0.25) is 0 Å². The number of hydrogen-bond acceptors (Lipinski definition) is 4. The van der Waals surface area contributed by atoms with Gasteiger partial charge in [-0.25, -0.2) is 12.8 Å². The second-order valence-corrected chi connectivity index (χ2v) is 8.89. The predicted octanol–water partition coefficient (Wildman–Crippen LogP) is 2.25. The van der Waals surface area contributed by atoms with Gasteiger partial charge in [-0.1, -0.05) is 12.1 Å². The first-order valence-corrected chi connectivity index (χ1v) is 10.5. The standard InChI is InChI=1S/C18H23FN4O2S/c19-17-5-1-2-6-18(17)26(24,25)22-13-15-7-9-20-23(15)16(14-22)8-12-21-10-3-4-11-21/h1-2,5-7,9,16H,3-4,8,10-14H2/t16-/m0/s1. The van der Waals surface area contributed by atoms with Crippen LogP contribution in [0.3, 0.4) is 0 Å². The Morgan fingerprint density at radius 2 is 1.92 bits per heavy atom. The van der Waals surface area contributed by atoms with E-state index >= 15 is 0 Å². The highest BCUT2D eigenvalue weighted by Crippen LogP contribution is 2.29. The number of sulfonamides is 1. The van der Waals surface area contributed by atoms with E-state index in [9.17, 15) is 12.8 Å². The Kier molecular flexibility index (Phi) is 4.81. The molecule has 0 aliphatic carbocycles. The SMILES string of the molecule is O=S(=O)(c1ccccc1F)N1Cc2ccnn2[C@@H](CCN2CCCC2)C1. The largest absolute Gasteiger partial charge is 0.303 e. The van der Waals surface area contributed by atoms with Crippen LogP contribution in [0.4, 0.5) is 4.39 Å². The Labute approximate surface area is 153 Å². The second-order valence-electron chi connectivity index (χ2n) is 6.99. The fraction of sp³-hybridized carbons (Fsp3) is 0.500. The molecule has 0 spiro atoms. The van der Waals surface area contributed by atoms with Gasteiger partial charge in [-0.3, -0.25) is 4.68 Å². The van der Waals surface area contributed by atoms with Crippen LogP contribution < -0.4 is 0 Å². The van der Waals surface area contributed by atoms with Crippen LogP contribution in [-0.2, 0) is 16.6 Å². The molecule has 2 aromatic rings. The van der Waals surface area contributed by atoms with Crippen molar-refractivity contribution in [2.45, 2.75) is 36.7 Å². The number of nitrogens with zero attached hydrogens (tertiary/aromatic N) is 4. The molecule has 3 heterocycles. The van der Waals surface area contributed by atoms with Crippen molar-refractivity contribution in [2.24, 2.45) is 0 Å². The van der Waals surface area contributed by atoms with E-state index in [0.717, 1.165) is 31.7 Å². The molecular formula is C18H23FN4O2S. The predicted molar refractivity (Wildman–Crippen MR) is 95.6 cm³/mol. The summed E-state index contributed by atoms with van der Waals surface area (Å²) in [6.45, 7) is 3.68. The third kappa shape index (κ3) is 3.28. The summed E-state index contributed by atoms with van der Waals surface area (Å²) < 4.78 is 43.4. The van der Waals surface area contributed by atoms with Crippen LogP contribution >= 0.6 is 0 Å². The van der Waals surface area contributed by atoms with Crippen LogP contribution in [0.1, 0.15) is 31.0 Å². The van der Waals surface area contributed by atoms with Crippen LogP contribution in [-0.4, -0.2) is 53.6 Å². The molecule has 1 aromatic heterocycles. The first-order chi connectivity index (χ1) is 12.6. The van der Waals surface area contributed by atoms with Gasteiger partial charge in [0.2, 0.25) is 10.0 Å². The molecule has 1 fully saturated rings. The van der Waals surface area contributed by atoms with Crippen molar-refractivity contribution in [3.8, 4) is 0 Å². The number of likely N-dealkylation sites (tertiary alicyclic amines) is 1. The van der Waals surface area contributed by atoms with Gasteiger partial charge in [-0.05, 0) is 50.6 Å². The number of hydrogen-bond donors (Lipinski definition) is 0. The molecule has 2 aliphatic rings. The molecule has 0 radical (unpaired) electrons. The molecule has 0 bridgehead atoms. The van der Waals surface area contributed by atoms with Gasteiger partial charge in [-0.15, -0.1) is 0 Å². The molecule has 0 amide bonds. The normalized spacial score (nSPS) is 21.8. The minimum Gasteiger partial charge on any atom is -0.303 e. The molecular weight excluding hydrogens is 355 g/mol. The maximum absolute atomic E-state index is 14.1. The summed E-state index contributed by atoms with van der Waals surface area (Å²) in [6.07, 6.45) is 4.99. The fourth-order valence-electron chi connectivity index (χ4n) is 3.88. The van der Waals surface area contributed by atoms with E-state index in [0.29, 0.717) is 6.54 Å². The highest BCUT2D eigenvalue weighted by molar-refractivity contribution is 7.89. The van der Waals surface area contributed by atoms with E-state index in [1.807, 2.05) is 10.7 Å². The van der Waals surface area contributed by atoms with E-state index in [1.54, 1.807) is 12.3 Å². The van der Waals surface area contributed by atoms with Gasteiger partial charge in [0.1, 0.15) is 10.7 Å². The third-order valence-electron chi connectivity index (χ3n) is 5.28. The maximum atomic E-state index is 14.1. The molecule has 0 unspecified atom stereocenters. The summed E-state index contributed by atoms with van der Waals surface area (Å²) >= 11 is 0. The van der Waals surface area contributed by atoms with Crippen molar-refractivity contribution < 1.29 is 12.8 Å². The van der Waals surface area contributed by atoms with Crippen molar-refractivity contribution in [3.63, 3.8) is 0 Å². The summed E-state index contributed by atoms with van der Waals surface area (Å²) in [5.41, 5.74) is 0.850. The fourth-order valence-corrected chi connectivity index (χ4v) is 5.39. The smallest absolute Gasteiger partial charge is 0.246 e. The minimum absolute atomic E-state index is 0.0316. The number of fused-ring (bicyclic) bond motifs is 1. The molecule has 1 aromatic carbocycles. The van der Waals surface area contributed by atoms with E-state index < -0.39 is 15.8 Å². The highest BCUT2D eigenvalue weighted by Gasteiger charge is 2.35. The topological polar surface area (TPSA) is 58.4 Å². The van der Waals surface area contributed by atoms with Gasteiger partial charge in [-0.2, -0.15) is 9.40 Å². The molecule has 8 heteroatoms. The van der Waals surface area contributed by atoms with Gasteiger partial charge < -0.3 is 4.90 Å². The lowest BCUT2D eigenvalue weighted by Crippen LogP contribution is -2.42. The van der Waals surface area contributed by atoms with E-state index in [2.05, 4.69) is 10.00 Å². The lowest BCUT2D eigenvalue weighted by molar-refractivity contribution is 0.226. The molecule has 0 N–H and O–H groups in total. The molecule has 26 heavy (non-hydrogen) atoms. The summed E-state index contributed by atoms with van der Waals surface area (Å²) in [5, 5.41) is 4.39. The van der Waals surface area contributed by atoms with Crippen LogP contribution in [0.25, 0.3) is 0 Å². The van der Waals surface area contributed by atoms with Gasteiger partial charge in [0.25, 0.3) is 0 Å². The Morgan fingerprint density at radius 3 is 2.69 bits per heavy atom. The molecule has 1 atom stereocenters. The van der Waals surface area contributed by atoms with Crippen molar-refractivity contribution in [2.75, 3.05) is 26.2 Å². The van der Waals surface area contributed by atoms with Gasteiger partial charge >= 0.3 is 0 Å². The number of halogens is 1. The minimum atomic E-state index is -3.88. The van der Waals surface area contributed by atoms with Crippen molar-refractivity contribution >= 4 is 10.0 Å². The summed E-state index contributed by atoms with van der Waals surface area (Å²) in [7, 11) is -3.88. The Bertz CT molecular complexity index is 877. The quantitative estimate of drug-likeness (QED) is 0.801. The summed E-state index contributed by atoms with van der Waals surface area (Å²) in [4.78, 5) is 2.15. The molecule has 6 nitrogen and oxygen atoms in total.